The third-order valence-electron chi connectivity index (χ3n) is 5.13. The van der Waals surface area contributed by atoms with Gasteiger partial charge in [-0.2, -0.15) is 0 Å². The van der Waals surface area contributed by atoms with E-state index in [0.29, 0.717) is 23.5 Å². The molecule has 0 saturated heterocycles. The molecule has 0 aliphatic carbocycles. The quantitative estimate of drug-likeness (QED) is 0.137. The molecule has 3 aromatic carbocycles. The van der Waals surface area contributed by atoms with Crippen molar-refractivity contribution >= 4 is 47.0 Å². The van der Waals surface area contributed by atoms with Crippen molar-refractivity contribution in [2.24, 2.45) is 0 Å². The van der Waals surface area contributed by atoms with Crippen LogP contribution in [0, 0.1) is 0 Å². The number of esters is 1. The van der Waals surface area contributed by atoms with E-state index in [0.717, 1.165) is 23.3 Å². The molecule has 0 aliphatic heterocycles. The number of unbranched alkanes of at least 4 members (excludes halogenated alkanes) is 1. The van der Waals surface area contributed by atoms with Gasteiger partial charge in [-0.15, -0.1) is 11.8 Å². The molecule has 0 aromatic heterocycles. The average Bonchev–Trinajstić information content (AvgIpc) is 2.89. The van der Waals surface area contributed by atoms with E-state index in [4.69, 9.17) is 4.74 Å². The van der Waals surface area contributed by atoms with Crippen LogP contribution in [-0.2, 0) is 14.3 Å². The summed E-state index contributed by atoms with van der Waals surface area (Å²) >= 11 is 1.39. The van der Waals surface area contributed by atoms with Crippen molar-refractivity contribution in [1.29, 1.82) is 0 Å². The number of ether oxygens (including phenoxy) is 1. The molecule has 0 bridgehead atoms. The van der Waals surface area contributed by atoms with Crippen molar-refractivity contribution in [1.82, 2.24) is 0 Å². The second kappa shape index (κ2) is 13.9. The number of thioether (sulfide) groups is 1. The minimum atomic E-state index is -0.382. The smallest absolute Gasteiger partial charge is 0.338 e. The van der Waals surface area contributed by atoms with E-state index < -0.39 is 0 Å². The highest BCUT2D eigenvalue weighted by molar-refractivity contribution is 8.00. The van der Waals surface area contributed by atoms with Gasteiger partial charge in [-0.1, -0.05) is 49.7 Å². The summed E-state index contributed by atoms with van der Waals surface area (Å²) in [4.78, 5) is 37.8. The number of carbonyl (C=O) groups excluding carboxylic acids is 3. The molecule has 3 aromatic rings. The number of amides is 2. The third kappa shape index (κ3) is 8.74. The molecule has 0 fully saturated rings. The first-order valence-corrected chi connectivity index (χ1v) is 12.7. The van der Waals surface area contributed by atoms with Crippen LogP contribution in [0.25, 0.3) is 6.08 Å². The predicted octanol–water partition coefficient (Wildman–Crippen LogP) is 6.41. The summed E-state index contributed by atoms with van der Waals surface area (Å²) in [6.45, 7) is 4.25. The Morgan fingerprint density at radius 3 is 2.39 bits per heavy atom. The lowest BCUT2D eigenvalue weighted by atomic mass is 10.2. The second-order valence-electron chi connectivity index (χ2n) is 8.08. The molecule has 2 N–H and O–H groups in total. The fourth-order valence-electron chi connectivity index (χ4n) is 3.15. The fraction of sp³-hybridized carbons (Fsp3) is 0.207. The van der Waals surface area contributed by atoms with Crippen LogP contribution in [0.2, 0.25) is 0 Å². The van der Waals surface area contributed by atoms with Crippen molar-refractivity contribution in [3.8, 4) is 0 Å². The SMILES string of the molecule is CCCCOC(=O)c1ccc(NC(=O)C(C)Sc2cccc(NC(=O)/C=C/c3ccccc3)c2)cc1. The summed E-state index contributed by atoms with van der Waals surface area (Å²) in [5.74, 6) is -0.768. The molecule has 0 saturated carbocycles. The molecule has 0 radical (unpaired) electrons. The standard InChI is InChI=1S/C29H30N2O4S/c1-3-4-19-35-29(34)23-14-16-24(17-15-23)31-28(33)21(2)36-26-12-8-11-25(20-26)30-27(32)18-13-22-9-6-5-7-10-22/h5-18,20-21H,3-4,19H2,1-2H3,(H,30,32)(H,31,33)/b18-13+. The van der Waals surface area contributed by atoms with E-state index in [-0.39, 0.29) is 23.0 Å². The zero-order valence-corrected chi connectivity index (χ0v) is 21.2. The Kier molecular flexibility index (Phi) is 10.3. The van der Waals surface area contributed by atoms with Crippen LogP contribution in [0.4, 0.5) is 11.4 Å². The third-order valence-corrected chi connectivity index (χ3v) is 6.22. The summed E-state index contributed by atoms with van der Waals surface area (Å²) in [6, 6.07) is 23.6. The molecule has 186 valence electrons. The Labute approximate surface area is 216 Å². The first-order valence-electron chi connectivity index (χ1n) is 11.8. The van der Waals surface area contributed by atoms with E-state index in [1.807, 2.05) is 62.4 Å². The van der Waals surface area contributed by atoms with Gasteiger partial charge in [0.05, 0.1) is 17.4 Å². The molecule has 36 heavy (non-hydrogen) atoms. The van der Waals surface area contributed by atoms with Gasteiger partial charge < -0.3 is 15.4 Å². The number of hydrogen-bond donors (Lipinski definition) is 2. The first kappa shape index (κ1) is 26.8. The molecule has 0 heterocycles. The highest BCUT2D eigenvalue weighted by atomic mass is 32.2. The van der Waals surface area contributed by atoms with Gasteiger partial charge in [-0.05, 0) is 67.4 Å². The summed E-state index contributed by atoms with van der Waals surface area (Å²) in [5, 5.41) is 5.33. The monoisotopic (exact) mass is 502 g/mol. The first-order chi connectivity index (χ1) is 17.4. The summed E-state index contributed by atoms with van der Waals surface area (Å²) < 4.78 is 5.20. The average molecular weight is 503 g/mol. The van der Waals surface area contributed by atoms with E-state index in [9.17, 15) is 14.4 Å². The summed E-state index contributed by atoms with van der Waals surface area (Å²) in [6.07, 6.45) is 5.03. The van der Waals surface area contributed by atoms with Crippen molar-refractivity contribution in [2.75, 3.05) is 17.2 Å². The van der Waals surface area contributed by atoms with Crippen molar-refractivity contribution < 1.29 is 19.1 Å². The Morgan fingerprint density at radius 2 is 1.67 bits per heavy atom. The molecule has 0 aliphatic rings. The molecule has 1 unspecified atom stereocenters. The van der Waals surface area contributed by atoms with E-state index in [1.165, 1.54) is 17.8 Å². The lowest BCUT2D eigenvalue weighted by Crippen LogP contribution is -2.22. The predicted molar refractivity (Wildman–Crippen MR) is 146 cm³/mol. The maximum absolute atomic E-state index is 12.7. The number of carbonyl (C=O) groups is 3. The van der Waals surface area contributed by atoms with Gasteiger partial charge in [0, 0.05) is 22.3 Å². The summed E-state index contributed by atoms with van der Waals surface area (Å²) in [5.41, 5.74) is 2.64. The van der Waals surface area contributed by atoms with Crippen molar-refractivity contribution in [3.05, 3.63) is 96.1 Å². The lowest BCUT2D eigenvalue weighted by Gasteiger charge is -2.13. The van der Waals surface area contributed by atoms with E-state index in [1.54, 1.807) is 36.4 Å². The molecule has 2 amide bonds. The van der Waals surface area contributed by atoms with E-state index >= 15 is 0 Å². The van der Waals surface area contributed by atoms with Gasteiger partial charge in [0.2, 0.25) is 11.8 Å². The van der Waals surface area contributed by atoms with Gasteiger partial charge in [-0.3, -0.25) is 9.59 Å². The summed E-state index contributed by atoms with van der Waals surface area (Å²) in [7, 11) is 0. The largest absolute Gasteiger partial charge is 0.462 e. The lowest BCUT2D eigenvalue weighted by molar-refractivity contribution is -0.115. The fourth-order valence-corrected chi connectivity index (χ4v) is 4.08. The van der Waals surface area contributed by atoms with Crippen LogP contribution in [-0.4, -0.2) is 29.6 Å². The van der Waals surface area contributed by atoms with Crippen molar-refractivity contribution in [3.63, 3.8) is 0 Å². The van der Waals surface area contributed by atoms with Crippen LogP contribution < -0.4 is 10.6 Å². The normalized spacial score (nSPS) is 11.6. The number of rotatable bonds is 11. The zero-order valence-electron chi connectivity index (χ0n) is 20.4. The molecule has 6 nitrogen and oxygen atoms in total. The van der Waals surface area contributed by atoms with Crippen LogP contribution in [0.15, 0.2) is 89.8 Å². The maximum atomic E-state index is 12.7. The van der Waals surface area contributed by atoms with Crippen LogP contribution >= 0.6 is 11.8 Å². The minimum absolute atomic E-state index is 0.168. The van der Waals surface area contributed by atoms with Gasteiger partial charge in [0.1, 0.15) is 0 Å². The Morgan fingerprint density at radius 1 is 0.917 bits per heavy atom. The van der Waals surface area contributed by atoms with Crippen LogP contribution in [0.1, 0.15) is 42.6 Å². The van der Waals surface area contributed by atoms with Gasteiger partial charge in [-0.25, -0.2) is 4.79 Å². The Bertz CT molecular complexity index is 1190. The van der Waals surface area contributed by atoms with Gasteiger partial charge >= 0.3 is 5.97 Å². The number of hydrogen-bond acceptors (Lipinski definition) is 5. The highest BCUT2D eigenvalue weighted by Crippen LogP contribution is 2.27. The maximum Gasteiger partial charge on any atom is 0.338 e. The second-order valence-corrected chi connectivity index (χ2v) is 9.49. The molecule has 3 rings (SSSR count). The minimum Gasteiger partial charge on any atom is -0.462 e. The number of benzene rings is 3. The topological polar surface area (TPSA) is 84.5 Å². The molecular formula is C29H30N2O4S. The van der Waals surface area contributed by atoms with Gasteiger partial charge in [0.25, 0.3) is 0 Å². The Hall–Kier alpha value is -3.84. The van der Waals surface area contributed by atoms with Gasteiger partial charge in [0.15, 0.2) is 0 Å². The van der Waals surface area contributed by atoms with Crippen molar-refractivity contribution in [2.45, 2.75) is 36.8 Å². The molecule has 0 spiro atoms. The molecule has 1 atom stereocenters. The zero-order chi connectivity index (χ0) is 25.8. The molecular weight excluding hydrogens is 472 g/mol. The molecule has 7 heteroatoms. The highest BCUT2D eigenvalue weighted by Gasteiger charge is 2.15. The number of anilines is 2. The van der Waals surface area contributed by atoms with Crippen LogP contribution in [0.5, 0.6) is 0 Å². The van der Waals surface area contributed by atoms with Crippen LogP contribution in [0.3, 0.4) is 0 Å². The Balaban J connectivity index is 1.51. The van der Waals surface area contributed by atoms with E-state index in [2.05, 4.69) is 10.6 Å². The number of nitrogens with one attached hydrogen (secondary N) is 2.